The number of hydrogen-bond donors (Lipinski definition) is 1. The molecule has 1 radical (unpaired) electrons. The first-order valence-electron chi connectivity index (χ1n) is 7.95. The molecule has 0 atom stereocenters. The number of allylic oxidation sites excluding steroid dienone is 2. The summed E-state index contributed by atoms with van der Waals surface area (Å²) in [6, 6.07) is 19.3. The van der Waals surface area contributed by atoms with Crippen LogP contribution in [0.4, 0.5) is 0 Å². The van der Waals surface area contributed by atoms with Crippen LogP contribution in [0.1, 0.15) is 19.4 Å². The van der Waals surface area contributed by atoms with Crippen molar-refractivity contribution in [3.8, 4) is 17.0 Å². The number of fused-ring (bicyclic) bond motifs is 4. The van der Waals surface area contributed by atoms with Crippen LogP contribution in [-0.4, -0.2) is 15.9 Å². The monoisotopic (exact) mass is 525 g/mol. The van der Waals surface area contributed by atoms with Crippen molar-refractivity contribution in [1.29, 1.82) is 0 Å². The zero-order chi connectivity index (χ0) is 17.8. The molecular formula is C21H18IrNO3-. The summed E-state index contributed by atoms with van der Waals surface area (Å²) >= 11 is 0. The van der Waals surface area contributed by atoms with Crippen molar-refractivity contribution < 1.29 is 34.7 Å². The number of rotatable bonds is 1. The first-order valence-corrected chi connectivity index (χ1v) is 7.95. The third kappa shape index (κ3) is 4.57. The minimum atomic E-state index is -0.125. The van der Waals surface area contributed by atoms with Gasteiger partial charge >= 0.3 is 0 Å². The zero-order valence-corrected chi connectivity index (χ0v) is 16.8. The molecule has 0 unspecified atom stereocenters. The maximum Gasteiger partial charge on any atom is 0.155 e. The molecule has 3 aromatic rings. The molecule has 0 saturated carbocycles. The molecule has 0 saturated heterocycles. The zero-order valence-electron chi connectivity index (χ0n) is 14.4. The van der Waals surface area contributed by atoms with E-state index in [-0.39, 0.29) is 31.6 Å². The largest absolute Gasteiger partial charge is 0.533 e. The summed E-state index contributed by atoms with van der Waals surface area (Å²) in [6.07, 6.45) is 1.17. The maximum atomic E-state index is 10.0. The summed E-state index contributed by atoms with van der Waals surface area (Å²) in [5.74, 6) is 0.806. The Kier molecular flexibility index (Phi) is 6.67. The van der Waals surface area contributed by atoms with Crippen LogP contribution < -0.4 is 4.74 Å². The van der Waals surface area contributed by atoms with Gasteiger partial charge in [-0.2, -0.15) is 0 Å². The van der Waals surface area contributed by atoms with Crippen LogP contribution in [0.15, 0.2) is 60.4 Å². The molecule has 1 aliphatic heterocycles. The minimum Gasteiger partial charge on any atom is -0.533 e. The number of aromatic nitrogens is 1. The first kappa shape index (κ1) is 19.8. The number of aliphatic hydroxyl groups is 1. The van der Waals surface area contributed by atoms with Gasteiger partial charge in [0.25, 0.3) is 0 Å². The van der Waals surface area contributed by atoms with Gasteiger partial charge in [0, 0.05) is 31.9 Å². The topological polar surface area (TPSA) is 59.4 Å². The Bertz CT molecular complexity index is 962. The standard InChI is InChI=1S/C16H10NO.C5H8O2.Ir/c1-3-7-14-11(5-1)9-12-10-18-15-8-4-2-6-13(15)16(12)17-14;1-4(6)3-5(2)7;/h1-5,7-9H,10H2;3,6H,1-2H3;/q-1;;/b;4-3-;. The Morgan fingerprint density at radius 1 is 1.23 bits per heavy atom. The number of hydrogen-bond acceptors (Lipinski definition) is 4. The van der Waals surface area contributed by atoms with E-state index in [1.54, 1.807) is 0 Å². The van der Waals surface area contributed by atoms with Gasteiger partial charge in [0.1, 0.15) is 0 Å². The van der Waals surface area contributed by atoms with E-state index in [9.17, 15) is 4.79 Å². The van der Waals surface area contributed by atoms with Crippen LogP contribution in [0.5, 0.6) is 5.75 Å². The van der Waals surface area contributed by atoms with Gasteiger partial charge in [-0.3, -0.25) is 9.78 Å². The normalized spacial score (nSPS) is 11.8. The molecule has 26 heavy (non-hydrogen) atoms. The average Bonchev–Trinajstić information content (AvgIpc) is 2.59. The molecule has 0 fully saturated rings. The van der Waals surface area contributed by atoms with Gasteiger partial charge in [0.05, 0.1) is 17.9 Å². The van der Waals surface area contributed by atoms with Crippen LogP contribution in [0, 0.1) is 6.07 Å². The SMILES string of the molecule is CC(=O)/C=C(/C)O.[Ir].[c-]1cccc2c1-c1nc3ccccc3cc1CO2. The van der Waals surface area contributed by atoms with Crippen LogP contribution in [0.3, 0.4) is 0 Å². The number of ketones is 1. The Balaban J connectivity index is 0.000000265. The van der Waals surface area contributed by atoms with Crippen molar-refractivity contribution in [1.82, 2.24) is 4.98 Å². The van der Waals surface area contributed by atoms with E-state index in [1.807, 2.05) is 36.4 Å². The Morgan fingerprint density at radius 2 is 2.00 bits per heavy atom. The number of carbonyl (C=O) groups excluding carboxylic acids is 1. The van der Waals surface area contributed by atoms with Crippen LogP contribution in [-0.2, 0) is 31.5 Å². The number of carbonyl (C=O) groups is 1. The number of ether oxygens (including phenoxy) is 1. The van der Waals surface area contributed by atoms with Crippen molar-refractivity contribution in [2.45, 2.75) is 20.5 Å². The van der Waals surface area contributed by atoms with Gasteiger partial charge in [-0.25, -0.2) is 0 Å². The van der Waals surface area contributed by atoms with Crippen LogP contribution in [0.2, 0.25) is 0 Å². The second-order valence-corrected chi connectivity index (χ2v) is 5.78. The third-order valence-corrected chi connectivity index (χ3v) is 3.65. The summed E-state index contributed by atoms with van der Waals surface area (Å²) < 4.78 is 5.73. The molecule has 0 aliphatic carbocycles. The number of benzene rings is 2. The smallest absolute Gasteiger partial charge is 0.155 e. The molecular weight excluding hydrogens is 506 g/mol. The van der Waals surface area contributed by atoms with Gasteiger partial charge < -0.3 is 9.84 Å². The van der Waals surface area contributed by atoms with Gasteiger partial charge in [0.2, 0.25) is 0 Å². The van der Waals surface area contributed by atoms with Gasteiger partial charge in [-0.05, 0) is 36.6 Å². The van der Waals surface area contributed by atoms with Gasteiger partial charge in [-0.1, -0.05) is 29.8 Å². The number of pyridine rings is 1. The van der Waals surface area contributed by atoms with E-state index in [2.05, 4.69) is 18.2 Å². The minimum absolute atomic E-state index is 0. The second kappa shape index (κ2) is 8.74. The molecule has 0 spiro atoms. The summed E-state index contributed by atoms with van der Waals surface area (Å²) in [7, 11) is 0. The quantitative estimate of drug-likeness (QED) is 0.287. The summed E-state index contributed by atoms with van der Waals surface area (Å²) in [4.78, 5) is 14.8. The van der Waals surface area contributed by atoms with E-state index in [1.165, 1.54) is 19.9 Å². The van der Waals surface area contributed by atoms with Gasteiger partial charge in [-0.15, -0.1) is 24.3 Å². The van der Waals surface area contributed by atoms with Crippen LogP contribution in [0.25, 0.3) is 22.2 Å². The molecule has 2 aromatic carbocycles. The molecule has 4 rings (SSSR count). The molecule has 2 heterocycles. The molecule has 1 N–H and O–H groups in total. The second-order valence-electron chi connectivity index (χ2n) is 5.78. The molecule has 1 aromatic heterocycles. The fourth-order valence-corrected chi connectivity index (χ4v) is 2.66. The van der Waals surface area contributed by atoms with E-state index < -0.39 is 0 Å². The Hall–Kier alpha value is -2.49. The molecule has 5 heteroatoms. The fourth-order valence-electron chi connectivity index (χ4n) is 2.66. The Labute approximate surface area is 165 Å². The van der Waals surface area contributed by atoms with Crippen molar-refractivity contribution in [2.24, 2.45) is 0 Å². The average molecular weight is 525 g/mol. The molecule has 4 nitrogen and oxygen atoms in total. The van der Waals surface area contributed by atoms with Gasteiger partial charge in [0.15, 0.2) is 5.78 Å². The first-order chi connectivity index (χ1) is 12.0. The number of para-hydroxylation sites is 1. The molecule has 0 amide bonds. The van der Waals surface area contributed by atoms with Crippen molar-refractivity contribution in [2.75, 3.05) is 0 Å². The third-order valence-electron chi connectivity index (χ3n) is 3.65. The van der Waals surface area contributed by atoms with Crippen LogP contribution >= 0.6 is 0 Å². The molecule has 135 valence electrons. The van der Waals surface area contributed by atoms with Crippen molar-refractivity contribution in [3.63, 3.8) is 0 Å². The van der Waals surface area contributed by atoms with E-state index >= 15 is 0 Å². The van der Waals surface area contributed by atoms with E-state index in [4.69, 9.17) is 14.8 Å². The van der Waals surface area contributed by atoms with E-state index in [0.29, 0.717) is 6.61 Å². The van der Waals surface area contributed by atoms with Crippen molar-refractivity contribution in [3.05, 3.63) is 72.0 Å². The predicted octanol–water partition coefficient (Wildman–Crippen LogP) is 4.63. The predicted molar refractivity (Wildman–Crippen MR) is 97.4 cm³/mol. The molecule has 0 bridgehead atoms. The summed E-state index contributed by atoms with van der Waals surface area (Å²) in [6.45, 7) is 3.43. The number of aliphatic hydroxyl groups excluding tert-OH is 1. The summed E-state index contributed by atoms with van der Waals surface area (Å²) in [5.41, 5.74) is 4.10. The Morgan fingerprint density at radius 3 is 2.69 bits per heavy atom. The number of nitrogens with zero attached hydrogens (tertiary/aromatic N) is 1. The van der Waals surface area contributed by atoms with Crippen molar-refractivity contribution >= 4 is 16.7 Å². The summed E-state index contributed by atoms with van der Waals surface area (Å²) in [5, 5.41) is 9.52. The fraction of sp³-hybridized carbons (Fsp3) is 0.143. The van der Waals surface area contributed by atoms with E-state index in [0.717, 1.165) is 33.5 Å². The molecule has 1 aliphatic rings. The maximum absolute atomic E-state index is 10.0.